The van der Waals surface area contributed by atoms with Crippen molar-refractivity contribution in [1.29, 1.82) is 0 Å². The lowest BCUT2D eigenvalue weighted by atomic mass is 9.96. The molecule has 112 valence electrons. The molecule has 0 aliphatic carbocycles. The van der Waals surface area contributed by atoms with Crippen molar-refractivity contribution in [2.24, 2.45) is 5.73 Å². The van der Waals surface area contributed by atoms with Crippen LogP contribution in [0.4, 0.5) is 0 Å². The van der Waals surface area contributed by atoms with Crippen molar-refractivity contribution in [3.05, 3.63) is 24.3 Å². The lowest BCUT2D eigenvalue weighted by Gasteiger charge is -2.40. The summed E-state index contributed by atoms with van der Waals surface area (Å²) in [6.07, 6.45) is 3.74. The summed E-state index contributed by atoms with van der Waals surface area (Å²) in [5.41, 5.74) is 5.88. The summed E-state index contributed by atoms with van der Waals surface area (Å²) in [6.45, 7) is 4.60. The average molecular weight is 278 g/mol. The summed E-state index contributed by atoms with van der Waals surface area (Å²) < 4.78 is 11.2. The summed E-state index contributed by atoms with van der Waals surface area (Å²) in [5, 5.41) is 0. The van der Waals surface area contributed by atoms with Gasteiger partial charge in [0.05, 0.1) is 7.11 Å². The van der Waals surface area contributed by atoms with Gasteiger partial charge in [-0.25, -0.2) is 0 Å². The first kappa shape index (κ1) is 15.1. The minimum Gasteiger partial charge on any atom is -0.493 e. The normalized spacial score (nSPS) is 23.6. The van der Waals surface area contributed by atoms with Crippen molar-refractivity contribution in [2.75, 3.05) is 26.8 Å². The first-order valence-corrected chi connectivity index (χ1v) is 7.48. The van der Waals surface area contributed by atoms with Gasteiger partial charge in [-0.05, 0) is 31.9 Å². The Hall–Kier alpha value is -1.26. The van der Waals surface area contributed by atoms with Crippen LogP contribution in [0.3, 0.4) is 0 Å². The third-order valence-corrected chi connectivity index (χ3v) is 4.14. The smallest absolute Gasteiger partial charge is 0.161 e. The van der Waals surface area contributed by atoms with E-state index in [1.807, 2.05) is 24.3 Å². The van der Waals surface area contributed by atoms with E-state index in [9.17, 15) is 0 Å². The maximum Gasteiger partial charge on any atom is 0.161 e. The standard InChI is InChI=1S/C16H26N2O2/c1-13-6-5-7-14(12-17)18(13)10-11-20-16-9-4-3-8-15(16)19-2/h3-4,8-9,13-14H,5-7,10-12,17H2,1-2H3. The quantitative estimate of drug-likeness (QED) is 0.867. The van der Waals surface area contributed by atoms with Gasteiger partial charge in [-0.3, -0.25) is 4.90 Å². The van der Waals surface area contributed by atoms with E-state index in [4.69, 9.17) is 15.2 Å². The number of hydrogen-bond acceptors (Lipinski definition) is 4. The topological polar surface area (TPSA) is 47.7 Å². The van der Waals surface area contributed by atoms with Crippen LogP contribution in [-0.2, 0) is 0 Å². The van der Waals surface area contributed by atoms with Crippen molar-refractivity contribution in [3.8, 4) is 11.5 Å². The Morgan fingerprint density at radius 3 is 2.70 bits per heavy atom. The van der Waals surface area contributed by atoms with Crippen LogP contribution >= 0.6 is 0 Å². The second kappa shape index (κ2) is 7.50. The number of hydrogen-bond donors (Lipinski definition) is 1. The van der Waals surface area contributed by atoms with Crippen molar-refractivity contribution >= 4 is 0 Å². The molecular weight excluding hydrogens is 252 g/mol. The van der Waals surface area contributed by atoms with Gasteiger partial charge in [-0.15, -0.1) is 0 Å². The highest BCUT2D eigenvalue weighted by atomic mass is 16.5. The predicted molar refractivity (Wildman–Crippen MR) is 81.4 cm³/mol. The molecule has 1 heterocycles. The van der Waals surface area contributed by atoms with Gasteiger partial charge < -0.3 is 15.2 Å². The number of methoxy groups -OCH3 is 1. The van der Waals surface area contributed by atoms with Gasteiger partial charge in [0.1, 0.15) is 6.61 Å². The number of benzene rings is 1. The van der Waals surface area contributed by atoms with Crippen LogP contribution in [-0.4, -0.2) is 43.8 Å². The SMILES string of the molecule is COc1ccccc1OCCN1C(C)CCCC1CN. The molecule has 0 saturated carbocycles. The summed E-state index contributed by atoms with van der Waals surface area (Å²) in [6, 6.07) is 8.87. The number of ether oxygens (including phenoxy) is 2. The van der Waals surface area contributed by atoms with Crippen LogP contribution in [0.15, 0.2) is 24.3 Å². The first-order chi connectivity index (χ1) is 9.76. The second-order valence-corrected chi connectivity index (χ2v) is 5.41. The van der Waals surface area contributed by atoms with Crippen LogP contribution < -0.4 is 15.2 Å². The number of likely N-dealkylation sites (tertiary alicyclic amines) is 1. The van der Waals surface area contributed by atoms with Gasteiger partial charge in [-0.2, -0.15) is 0 Å². The third-order valence-electron chi connectivity index (χ3n) is 4.14. The summed E-state index contributed by atoms with van der Waals surface area (Å²) >= 11 is 0. The lowest BCUT2D eigenvalue weighted by molar-refractivity contribution is 0.0794. The van der Waals surface area contributed by atoms with E-state index in [0.717, 1.165) is 24.6 Å². The van der Waals surface area contributed by atoms with E-state index in [0.29, 0.717) is 18.7 Å². The number of rotatable bonds is 6. The molecule has 0 bridgehead atoms. The Morgan fingerprint density at radius 2 is 2.00 bits per heavy atom. The molecular formula is C16H26N2O2. The van der Waals surface area contributed by atoms with E-state index in [-0.39, 0.29) is 0 Å². The average Bonchev–Trinajstić information content (AvgIpc) is 2.49. The molecule has 2 N–H and O–H groups in total. The maximum atomic E-state index is 5.88. The van der Waals surface area contributed by atoms with Crippen LogP contribution in [0, 0.1) is 0 Å². The number of para-hydroxylation sites is 2. The van der Waals surface area contributed by atoms with Crippen LogP contribution in [0.1, 0.15) is 26.2 Å². The molecule has 1 saturated heterocycles. The minimum absolute atomic E-state index is 0.500. The third kappa shape index (κ3) is 3.64. The molecule has 0 aromatic heterocycles. The Kier molecular flexibility index (Phi) is 5.68. The van der Waals surface area contributed by atoms with E-state index >= 15 is 0 Å². The molecule has 2 rings (SSSR count). The molecule has 1 fully saturated rings. The summed E-state index contributed by atoms with van der Waals surface area (Å²) in [7, 11) is 1.67. The highest BCUT2D eigenvalue weighted by Crippen LogP contribution is 2.26. The highest BCUT2D eigenvalue weighted by Gasteiger charge is 2.26. The van der Waals surface area contributed by atoms with Crippen molar-refractivity contribution in [2.45, 2.75) is 38.3 Å². The zero-order valence-corrected chi connectivity index (χ0v) is 12.5. The molecule has 1 aromatic rings. The van der Waals surface area contributed by atoms with Crippen LogP contribution in [0.25, 0.3) is 0 Å². The maximum absolute atomic E-state index is 5.88. The molecule has 20 heavy (non-hydrogen) atoms. The molecule has 1 aromatic carbocycles. The van der Waals surface area contributed by atoms with Crippen molar-refractivity contribution in [3.63, 3.8) is 0 Å². The molecule has 0 spiro atoms. The number of piperidine rings is 1. The van der Waals surface area contributed by atoms with Crippen LogP contribution in [0.2, 0.25) is 0 Å². The largest absolute Gasteiger partial charge is 0.493 e. The van der Waals surface area contributed by atoms with Crippen molar-refractivity contribution < 1.29 is 9.47 Å². The number of nitrogens with two attached hydrogens (primary N) is 1. The lowest BCUT2D eigenvalue weighted by Crippen LogP contribution is -2.50. The number of nitrogens with zero attached hydrogens (tertiary/aromatic N) is 1. The monoisotopic (exact) mass is 278 g/mol. The van der Waals surface area contributed by atoms with Gasteiger partial charge in [0.15, 0.2) is 11.5 Å². The van der Waals surface area contributed by atoms with Gasteiger partial charge in [0, 0.05) is 25.2 Å². The Labute approximate surface area is 121 Å². The van der Waals surface area contributed by atoms with E-state index < -0.39 is 0 Å². The zero-order chi connectivity index (χ0) is 14.4. The summed E-state index contributed by atoms with van der Waals surface area (Å²) in [4.78, 5) is 2.49. The first-order valence-electron chi connectivity index (χ1n) is 7.48. The van der Waals surface area contributed by atoms with E-state index in [1.54, 1.807) is 7.11 Å². The molecule has 1 aliphatic heterocycles. The van der Waals surface area contributed by atoms with Crippen LogP contribution in [0.5, 0.6) is 11.5 Å². The fourth-order valence-electron chi connectivity index (χ4n) is 3.00. The van der Waals surface area contributed by atoms with E-state index in [1.165, 1.54) is 19.3 Å². The molecule has 4 heteroatoms. The molecule has 2 unspecified atom stereocenters. The molecule has 4 nitrogen and oxygen atoms in total. The fraction of sp³-hybridized carbons (Fsp3) is 0.625. The molecule has 1 aliphatic rings. The Morgan fingerprint density at radius 1 is 1.25 bits per heavy atom. The fourth-order valence-corrected chi connectivity index (χ4v) is 3.00. The second-order valence-electron chi connectivity index (χ2n) is 5.41. The Balaban J connectivity index is 1.88. The van der Waals surface area contributed by atoms with Gasteiger partial charge in [0.25, 0.3) is 0 Å². The van der Waals surface area contributed by atoms with E-state index in [2.05, 4.69) is 11.8 Å². The molecule has 2 atom stereocenters. The van der Waals surface area contributed by atoms with Gasteiger partial charge >= 0.3 is 0 Å². The van der Waals surface area contributed by atoms with Gasteiger partial charge in [0.2, 0.25) is 0 Å². The highest BCUT2D eigenvalue weighted by molar-refractivity contribution is 5.39. The van der Waals surface area contributed by atoms with Crippen molar-refractivity contribution in [1.82, 2.24) is 4.90 Å². The van der Waals surface area contributed by atoms with Gasteiger partial charge in [-0.1, -0.05) is 18.6 Å². The molecule has 0 radical (unpaired) electrons. The zero-order valence-electron chi connectivity index (χ0n) is 12.5. The summed E-state index contributed by atoms with van der Waals surface area (Å²) in [5.74, 6) is 1.60. The minimum atomic E-state index is 0.500. The molecule has 0 amide bonds. The Bertz CT molecular complexity index is 411. The predicted octanol–water partition coefficient (Wildman–Crippen LogP) is 2.28.